The normalized spacial score (nSPS) is 19.9. The molecule has 2 atom stereocenters. The number of hydrogen-bond donors (Lipinski definition) is 3. The summed E-state index contributed by atoms with van der Waals surface area (Å²) < 4.78 is 11.0. The first-order valence-electron chi connectivity index (χ1n) is 5.83. The van der Waals surface area contributed by atoms with Gasteiger partial charge in [-0.2, -0.15) is 0 Å². The highest BCUT2D eigenvalue weighted by Crippen LogP contribution is 2.26. The van der Waals surface area contributed by atoms with Crippen molar-refractivity contribution in [2.24, 2.45) is 0 Å². The fourth-order valence-electron chi connectivity index (χ4n) is 1.70. The van der Waals surface area contributed by atoms with E-state index < -0.39 is 30.5 Å². The van der Waals surface area contributed by atoms with Crippen LogP contribution in [0.4, 0.5) is 0 Å². The molecule has 0 saturated heterocycles. The van der Waals surface area contributed by atoms with Crippen LogP contribution in [-0.4, -0.2) is 40.1 Å². The quantitative estimate of drug-likeness (QED) is 0.690. The molecule has 0 amide bonds. The lowest BCUT2D eigenvalue weighted by atomic mass is 10.2. The summed E-state index contributed by atoms with van der Waals surface area (Å²) in [4.78, 5) is 11.3. The van der Waals surface area contributed by atoms with Crippen molar-refractivity contribution in [3.05, 3.63) is 45.8 Å². The number of carbonyl (C=O) groups excluding carboxylic acids is 1. The largest absolute Gasteiger partial charge is 0.499 e. The van der Waals surface area contributed by atoms with Crippen molar-refractivity contribution in [1.29, 1.82) is 0 Å². The van der Waals surface area contributed by atoms with Crippen LogP contribution >= 0.6 is 15.9 Å². The average molecular weight is 345 g/mol. The van der Waals surface area contributed by atoms with Gasteiger partial charge in [-0.25, -0.2) is 4.79 Å². The number of aliphatic hydroxyl groups excluding tert-OH is 3. The Hall–Kier alpha value is -1.57. The van der Waals surface area contributed by atoms with E-state index in [9.17, 15) is 15.0 Å². The SMILES string of the molecule is O=C1O[C@H]([C@@H](O)CO)C(OCc2ccc(Br)cc2)=C1O. The van der Waals surface area contributed by atoms with Crippen molar-refractivity contribution in [2.75, 3.05) is 6.61 Å². The lowest BCUT2D eigenvalue weighted by Gasteiger charge is -2.18. The Bertz CT molecular complexity index is 524. The van der Waals surface area contributed by atoms with Crippen LogP contribution in [0.3, 0.4) is 0 Å². The molecule has 6 nitrogen and oxygen atoms in total. The van der Waals surface area contributed by atoms with Crippen molar-refractivity contribution < 1.29 is 29.6 Å². The fourth-order valence-corrected chi connectivity index (χ4v) is 1.97. The van der Waals surface area contributed by atoms with Crippen LogP contribution in [0.15, 0.2) is 40.3 Å². The zero-order chi connectivity index (χ0) is 14.7. The molecule has 1 aliphatic heterocycles. The smallest absolute Gasteiger partial charge is 0.378 e. The molecule has 0 aliphatic carbocycles. The van der Waals surface area contributed by atoms with Gasteiger partial charge in [0.15, 0.2) is 11.9 Å². The van der Waals surface area contributed by atoms with Gasteiger partial charge in [-0.15, -0.1) is 0 Å². The number of carbonyl (C=O) groups is 1. The first-order chi connectivity index (χ1) is 9.52. The zero-order valence-corrected chi connectivity index (χ0v) is 11.9. The van der Waals surface area contributed by atoms with E-state index in [0.717, 1.165) is 10.0 Å². The van der Waals surface area contributed by atoms with Crippen molar-refractivity contribution in [2.45, 2.75) is 18.8 Å². The molecule has 0 unspecified atom stereocenters. The summed E-state index contributed by atoms with van der Waals surface area (Å²) in [6.07, 6.45) is -2.54. The maximum atomic E-state index is 11.3. The van der Waals surface area contributed by atoms with Crippen molar-refractivity contribution in [1.82, 2.24) is 0 Å². The van der Waals surface area contributed by atoms with Crippen LogP contribution in [0.5, 0.6) is 0 Å². The number of cyclic esters (lactones) is 1. The first-order valence-corrected chi connectivity index (χ1v) is 6.62. The zero-order valence-electron chi connectivity index (χ0n) is 10.3. The lowest BCUT2D eigenvalue weighted by molar-refractivity contribution is -0.148. The third-order valence-corrected chi connectivity index (χ3v) is 3.29. The minimum absolute atomic E-state index is 0.0952. The first kappa shape index (κ1) is 14.8. The van der Waals surface area contributed by atoms with Crippen molar-refractivity contribution in [3.63, 3.8) is 0 Å². The number of benzene rings is 1. The molecular weight excluding hydrogens is 332 g/mol. The van der Waals surface area contributed by atoms with Gasteiger partial charge >= 0.3 is 5.97 Å². The van der Waals surface area contributed by atoms with Crippen LogP contribution in [0, 0.1) is 0 Å². The van der Waals surface area contributed by atoms with Gasteiger partial charge in [0.1, 0.15) is 12.7 Å². The van der Waals surface area contributed by atoms with Crippen LogP contribution in [0.2, 0.25) is 0 Å². The molecule has 0 spiro atoms. The molecule has 1 aromatic carbocycles. The summed E-state index contributed by atoms with van der Waals surface area (Å²) in [5.41, 5.74) is 0.810. The summed E-state index contributed by atoms with van der Waals surface area (Å²) >= 11 is 3.30. The highest BCUT2D eigenvalue weighted by Gasteiger charge is 2.40. The van der Waals surface area contributed by atoms with E-state index in [2.05, 4.69) is 15.9 Å². The minimum atomic E-state index is -1.34. The second-order valence-corrected chi connectivity index (χ2v) is 5.12. The molecule has 1 aromatic rings. The molecule has 0 aromatic heterocycles. The summed E-state index contributed by atoms with van der Waals surface area (Å²) in [5.74, 6) is -1.83. The van der Waals surface area contributed by atoms with Gasteiger partial charge in [-0.3, -0.25) is 0 Å². The Morgan fingerprint density at radius 2 is 2.00 bits per heavy atom. The highest BCUT2D eigenvalue weighted by atomic mass is 79.9. The number of esters is 1. The lowest BCUT2D eigenvalue weighted by Crippen LogP contribution is -2.32. The Morgan fingerprint density at radius 3 is 2.60 bits per heavy atom. The van der Waals surface area contributed by atoms with Gasteiger partial charge in [0.25, 0.3) is 0 Å². The van der Waals surface area contributed by atoms with Gasteiger partial charge in [0.05, 0.1) is 6.61 Å². The number of aliphatic hydroxyl groups is 3. The monoisotopic (exact) mass is 344 g/mol. The van der Waals surface area contributed by atoms with Crippen LogP contribution < -0.4 is 0 Å². The predicted molar refractivity (Wildman–Crippen MR) is 71.6 cm³/mol. The molecule has 0 radical (unpaired) electrons. The molecule has 1 aliphatic rings. The van der Waals surface area contributed by atoms with Gasteiger partial charge < -0.3 is 24.8 Å². The molecule has 108 valence electrons. The number of ether oxygens (including phenoxy) is 2. The van der Waals surface area contributed by atoms with Gasteiger partial charge in [0.2, 0.25) is 5.76 Å². The molecule has 20 heavy (non-hydrogen) atoms. The van der Waals surface area contributed by atoms with E-state index >= 15 is 0 Å². The van der Waals surface area contributed by atoms with Crippen LogP contribution in [0.1, 0.15) is 5.56 Å². The third kappa shape index (κ3) is 3.12. The molecule has 7 heteroatoms. The molecule has 0 fully saturated rings. The molecule has 0 saturated carbocycles. The Kier molecular flexibility index (Phi) is 4.64. The Balaban J connectivity index is 2.09. The summed E-state index contributed by atoms with van der Waals surface area (Å²) in [5, 5.41) is 28.0. The third-order valence-electron chi connectivity index (χ3n) is 2.76. The van der Waals surface area contributed by atoms with Gasteiger partial charge in [-0.05, 0) is 17.7 Å². The Labute approximate surface area is 123 Å². The van der Waals surface area contributed by atoms with Crippen molar-refractivity contribution >= 4 is 21.9 Å². The van der Waals surface area contributed by atoms with E-state index in [1.54, 1.807) is 12.1 Å². The maximum Gasteiger partial charge on any atom is 0.378 e. The summed E-state index contributed by atoms with van der Waals surface area (Å²) in [6, 6.07) is 7.25. The van der Waals surface area contributed by atoms with Crippen molar-refractivity contribution in [3.8, 4) is 0 Å². The number of hydrogen-bond acceptors (Lipinski definition) is 6. The fraction of sp³-hybridized carbons (Fsp3) is 0.308. The van der Waals surface area contributed by atoms with Gasteiger partial charge in [0, 0.05) is 4.47 Å². The Morgan fingerprint density at radius 1 is 1.35 bits per heavy atom. The van der Waals surface area contributed by atoms with E-state index in [0.29, 0.717) is 0 Å². The molecule has 2 rings (SSSR count). The standard InChI is InChI=1S/C13H13BrO6/c14-8-3-1-7(2-4-8)6-19-12-10(17)13(18)20-11(12)9(16)5-15/h1-4,9,11,15-17H,5-6H2/t9-,11+/m0/s1. The summed E-state index contributed by atoms with van der Waals surface area (Å²) in [6.45, 7) is -0.520. The highest BCUT2D eigenvalue weighted by molar-refractivity contribution is 9.10. The second kappa shape index (κ2) is 6.25. The van der Waals surface area contributed by atoms with Crippen LogP contribution in [-0.2, 0) is 20.9 Å². The number of rotatable bonds is 5. The summed E-state index contributed by atoms with van der Waals surface area (Å²) in [7, 11) is 0. The minimum Gasteiger partial charge on any atom is -0.499 e. The van der Waals surface area contributed by atoms with Crippen LogP contribution in [0.25, 0.3) is 0 Å². The second-order valence-electron chi connectivity index (χ2n) is 4.20. The van der Waals surface area contributed by atoms with E-state index in [-0.39, 0.29) is 12.4 Å². The van der Waals surface area contributed by atoms with E-state index in [1.807, 2.05) is 12.1 Å². The number of halogens is 1. The topological polar surface area (TPSA) is 96.2 Å². The maximum absolute atomic E-state index is 11.3. The molecular formula is C13H13BrO6. The molecule has 3 N–H and O–H groups in total. The molecule has 0 bridgehead atoms. The van der Waals surface area contributed by atoms with E-state index in [1.165, 1.54) is 0 Å². The average Bonchev–Trinajstić information content (AvgIpc) is 2.73. The van der Waals surface area contributed by atoms with Gasteiger partial charge in [-0.1, -0.05) is 28.1 Å². The molecule has 1 heterocycles. The van der Waals surface area contributed by atoms with E-state index in [4.69, 9.17) is 14.6 Å². The predicted octanol–water partition coefficient (Wildman–Crippen LogP) is 1.01.